The first-order chi connectivity index (χ1) is 8.18. The predicted molar refractivity (Wildman–Crippen MR) is 63.1 cm³/mol. The first kappa shape index (κ1) is 13.0. The molecule has 0 radical (unpaired) electrons. The molecule has 0 saturated carbocycles. The van der Waals surface area contributed by atoms with E-state index in [0.717, 1.165) is 5.56 Å². The van der Waals surface area contributed by atoms with Gasteiger partial charge in [-0.2, -0.15) is 0 Å². The van der Waals surface area contributed by atoms with Crippen molar-refractivity contribution in [2.45, 2.75) is 19.4 Å². The number of alkyl carbamates (subject to hydrolysis) is 1. The van der Waals surface area contributed by atoms with Gasteiger partial charge in [0.05, 0.1) is 0 Å². The molecular formula is C12H16N2O3. The third kappa shape index (κ3) is 6.19. The molecule has 0 fully saturated rings. The van der Waals surface area contributed by atoms with E-state index >= 15 is 0 Å². The minimum atomic E-state index is -0.488. The summed E-state index contributed by atoms with van der Waals surface area (Å²) in [6.45, 7) is 0.624. The minimum Gasteiger partial charge on any atom is -0.445 e. The molecule has 1 rings (SSSR count). The van der Waals surface area contributed by atoms with Gasteiger partial charge in [0, 0.05) is 13.0 Å². The van der Waals surface area contributed by atoms with E-state index in [0.29, 0.717) is 13.0 Å². The summed E-state index contributed by atoms with van der Waals surface area (Å²) in [7, 11) is 0. The highest BCUT2D eigenvalue weighted by Crippen LogP contribution is 2.00. The van der Waals surface area contributed by atoms with Crippen molar-refractivity contribution in [2.75, 3.05) is 6.54 Å². The van der Waals surface area contributed by atoms with Crippen LogP contribution in [0.1, 0.15) is 18.4 Å². The average Bonchev–Trinajstić information content (AvgIpc) is 2.33. The van der Waals surface area contributed by atoms with Crippen LogP contribution in [-0.4, -0.2) is 18.5 Å². The van der Waals surface area contributed by atoms with Crippen molar-refractivity contribution in [3.63, 3.8) is 0 Å². The van der Waals surface area contributed by atoms with Crippen LogP contribution >= 0.6 is 0 Å². The lowest BCUT2D eigenvalue weighted by atomic mass is 10.2. The van der Waals surface area contributed by atoms with Gasteiger partial charge in [-0.15, -0.1) is 0 Å². The molecule has 0 saturated heterocycles. The van der Waals surface area contributed by atoms with Crippen LogP contribution in [0.25, 0.3) is 0 Å². The van der Waals surface area contributed by atoms with Crippen LogP contribution in [0.3, 0.4) is 0 Å². The fourth-order valence-electron chi connectivity index (χ4n) is 1.23. The fraction of sp³-hybridized carbons (Fsp3) is 0.333. The van der Waals surface area contributed by atoms with E-state index in [-0.39, 0.29) is 18.9 Å². The van der Waals surface area contributed by atoms with Crippen molar-refractivity contribution in [1.82, 2.24) is 5.32 Å². The molecule has 0 unspecified atom stereocenters. The number of nitrogens with two attached hydrogens (primary N) is 1. The molecule has 3 N–H and O–H groups in total. The molecule has 5 nitrogen and oxygen atoms in total. The van der Waals surface area contributed by atoms with E-state index in [1.807, 2.05) is 30.3 Å². The summed E-state index contributed by atoms with van der Waals surface area (Å²) in [6.07, 6.45) is 0.299. The van der Waals surface area contributed by atoms with Gasteiger partial charge in [0.1, 0.15) is 6.61 Å². The van der Waals surface area contributed by atoms with Crippen molar-refractivity contribution in [3.8, 4) is 0 Å². The van der Waals surface area contributed by atoms with E-state index in [1.54, 1.807) is 0 Å². The molecule has 0 spiro atoms. The zero-order valence-corrected chi connectivity index (χ0v) is 9.52. The van der Waals surface area contributed by atoms with Crippen molar-refractivity contribution in [3.05, 3.63) is 35.9 Å². The van der Waals surface area contributed by atoms with Gasteiger partial charge in [-0.3, -0.25) is 4.79 Å². The normalized spacial score (nSPS) is 9.65. The Kier molecular flexibility index (Phi) is 5.57. The van der Waals surface area contributed by atoms with Gasteiger partial charge in [0.2, 0.25) is 5.91 Å². The number of ether oxygens (including phenoxy) is 1. The SMILES string of the molecule is NC(=O)CCCNC(=O)OCc1ccccc1. The number of carbonyl (C=O) groups excluding carboxylic acids is 2. The Balaban J connectivity index is 2.11. The predicted octanol–water partition coefficient (Wildman–Crippen LogP) is 1.18. The Morgan fingerprint density at radius 1 is 1.24 bits per heavy atom. The van der Waals surface area contributed by atoms with E-state index in [1.165, 1.54) is 0 Å². The molecule has 0 heterocycles. The first-order valence-corrected chi connectivity index (χ1v) is 5.41. The van der Waals surface area contributed by atoms with Crippen LogP contribution < -0.4 is 11.1 Å². The van der Waals surface area contributed by atoms with Gasteiger partial charge in [0.15, 0.2) is 0 Å². The van der Waals surface area contributed by atoms with Gasteiger partial charge >= 0.3 is 6.09 Å². The lowest BCUT2D eigenvalue weighted by Crippen LogP contribution is -2.26. The quantitative estimate of drug-likeness (QED) is 0.727. The summed E-state index contributed by atoms with van der Waals surface area (Å²) in [5.41, 5.74) is 5.89. The number of primary amides is 1. The van der Waals surface area contributed by atoms with Crippen LogP contribution in [0.2, 0.25) is 0 Å². The number of benzene rings is 1. The number of nitrogens with one attached hydrogen (secondary N) is 1. The smallest absolute Gasteiger partial charge is 0.407 e. The maximum Gasteiger partial charge on any atom is 0.407 e. The van der Waals surface area contributed by atoms with Gasteiger partial charge in [-0.25, -0.2) is 4.79 Å². The van der Waals surface area contributed by atoms with Crippen molar-refractivity contribution in [1.29, 1.82) is 0 Å². The summed E-state index contributed by atoms with van der Waals surface area (Å²) in [5, 5.41) is 2.54. The maximum atomic E-state index is 11.2. The van der Waals surface area contributed by atoms with E-state index in [9.17, 15) is 9.59 Å². The molecule has 0 aliphatic carbocycles. The first-order valence-electron chi connectivity index (χ1n) is 5.41. The molecule has 5 heteroatoms. The molecule has 0 atom stereocenters. The number of hydrogen-bond donors (Lipinski definition) is 2. The highest BCUT2D eigenvalue weighted by molar-refractivity contribution is 5.73. The summed E-state index contributed by atoms with van der Waals surface area (Å²) in [6, 6.07) is 9.40. The van der Waals surface area contributed by atoms with Crippen LogP contribution in [0.4, 0.5) is 4.79 Å². The van der Waals surface area contributed by atoms with E-state index < -0.39 is 6.09 Å². The second-order valence-corrected chi connectivity index (χ2v) is 3.56. The minimum absolute atomic E-state index is 0.239. The molecule has 1 aromatic carbocycles. The molecule has 1 aromatic rings. The molecule has 2 amide bonds. The van der Waals surface area contributed by atoms with Crippen LogP contribution in [-0.2, 0) is 16.1 Å². The van der Waals surface area contributed by atoms with Gasteiger partial charge in [0.25, 0.3) is 0 Å². The molecular weight excluding hydrogens is 220 g/mol. The molecule has 0 aliphatic rings. The number of rotatable bonds is 6. The maximum absolute atomic E-state index is 11.2. The monoisotopic (exact) mass is 236 g/mol. The zero-order chi connectivity index (χ0) is 12.5. The lowest BCUT2D eigenvalue weighted by molar-refractivity contribution is -0.118. The summed E-state index contributed by atoms with van der Waals surface area (Å²) < 4.78 is 4.97. The van der Waals surface area contributed by atoms with Crippen molar-refractivity contribution in [2.24, 2.45) is 5.73 Å². The van der Waals surface area contributed by atoms with Gasteiger partial charge < -0.3 is 15.8 Å². The van der Waals surface area contributed by atoms with E-state index in [4.69, 9.17) is 10.5 Å². The third-order valence-corrected chi connectivity index (χ3v) is 2.08. The highest BCUT2D eigenvalue weighted by atomic mass is 16.5. The van der Waals surface area contributed by atoms with Crippen LogP contribution in [0.5, 0.6) is 0 Å². The van der Waals surface area contributed by atoms with Crippen LogP contribution in [0.15, 0.2) is 30.3 Å². The largest absolute Gasteiger partial charge is 0.445 e. The Morgan fingerprint density at radius 3 is 2.59 bits per heavy atom. The Labute approximate surface area is 99.9 Å². The number of carbonyl (C=O) groups is 2. The Hall–Kier alpha value is -2.04. The second kappa shape index (κ2) is 7.27. The van der Waals surface area contributed by atoms with Crippen molar-refractivity contribution < 1.29 is 14.3 Å². The lowest BCUT2D eigenvalue weighted by Gasteiger charge is -2.06. The Bertz CT molecular complexity index is 365. The summed E-state index contributed by atoms with van der Waals surface area (Å²) in [4.78, 5) is 21.6. The summed E-state index contributed by atoms with van der Waals surface area (Å²) >= 11 is 0. The topological polar surface area (TPSA) is 81.4 Å². The fourth-order valence-corrected chi connectivity index (χ4v) is 1.23. The zero-order valence-electron chi connectivity index (χ0n) is 9.52. The molecule has 92 valence electrons. The Morgan fingerprint density at radius 2 is 1.94 bits per heavy atom. The standard InChI is InChI=1S/C12H16N2O3/c13-11(15)7-4-8-14-12(16)17-9-10-5-2-1-3-6-10/h1-3,5-6H,4,7-9H2,(H2,13,15)(H,14,16). The van der Waals surface area contributed by atoms with Gasteiger partial charge in [-0.05, 0) is 12.0 Å². The molecule has 17 heavy (non-hydrogen) atoms. The molecule has 0 aliphatic heterocycles. The van der Waals surface area contributed by atoms with Gasteiger partial charge in [-0.1, -0.05) is 30.3 Å². The average molecular weight is 236 g/mol. The second-order valence-electron chi connectivity index (χ2n) is 3.56. The number of hydrogen-bond acceptors (Lipinski definition) is 3. The third-order valence-electron chi connectivity index (χ3n) is 2.08. The van der Waals surface area contributed by atoms with Crippen molar-refractivity contribution >= 4 is 12.0 Å². The van der Waals surface area contributed by atoms with Crippen LogP contribution in [0, 0.1) is 0 Å². The van der Waals surface area contributed by atoms with E-state index in [2.05, 4.69) is 5.32 Å². The molecule has 0 aromatic heterocycles. The highest BCUT2D eigenvalue weighted by Gasteiger charge is 2.02. The molecule has 0 bridgehead atoms. The number of amides is 2. The summed E-state index contributed by atoms with van der Waals surface area (Å²) in [5.74, 6) is -0.371.